The molecule has 2 atom stereocenters. The van der Waals surface area contributed by atoms with Gasteiger partial charge in [0.1, 0.15) is 55.9 Å². The molecule has 12 heteroatoms. The summed E-state index contributed by atoms with van der Waals surface area (Å²) in [5.74, 6) is 0.243. The van der Waals surface area contributed by atoms with Crippen molar-refractivity contribution in [2.75, 3.05) is 46.6 Å². The van der Waals surface area contributed by atoms with E-state index in [-0.39, 0.29) is 54.6 Å². The standard InChI is InChI=1S/C24H28Cl2N2O8/c1-15(29)32-7-8-33-23-10-22(20(9-21(23)26)24(31)27-2)34-13-17(30)11-28-12-19(14-35-28)36-18-5-3-16(25)4-6-18/h3-6,9-10,17,19,30H,7-8,11-14H2,1-2H3,(H,27,31)/t17-,19+/m0/s1. The highest BCUT2D eigenvalue weighted by molar-refractivity contribution is 6.32. The first-order valence-corrected chi connectivity index (χ1v) is 11.9. The topological polar surface area (TPSA) is 116 Å². The zero-order valence-corrected chi connectivity index (χ0v) is 21.4. The van der Waals surface area contributed by atoms with Crippen molar-refractivity contribution < 1.29 is 38.5 Å². The first-order chi connectivity index (χ1) is 17.2. The summed E-state index contributed by atoms with van der Waals surface area (Å²) in [7, 11) is 1.48. The number of nitrogens with one attached hydrogen (secondary N) is 1. The number of amides is 1. The summed E-state index contributed by atoms with van der Waals surface area (Å²) in [5, 5.41) is 15.4. The van der Waals surface area contributed by atoms with Crippen LogP contribution in [0.2, 0.25) is 10.0 Å². The first-order valence-electron chi connectivity index (χ1n) is 11.2. The minimum absolute atomic E-state index is 0.0380. The van der Waals surface area contributed by atoms with Crippen molar-refractivity contribution in [3.63, 3.8) is 0 Å². The quantitative estimate of drug-likeness (QED) is 0.308. The van der Waals surface area contributed by atoms with Crippen LogP contribution in [0.25, 0.3) is 0 Å². The van der Waals surface area contributed by atoms with Crippen molar-refractivity contribution in [2.24, 2.45) is 0 Å². The number of nitrogens with zero attached hydrogens (tertiary/aromatic N) is 1. The maximum atomic E-state index is 12.3. The van der Waals surface area contributed by atoms with Crippen LogP contribution in [-0.2, 0) is 14.4 Å². The van der Waals surface area contributed by atoms with Gasteiger partial charge in [-0.3, -0.25) is 14.4 Å². The van der Waals surface area contributed by atoms with Crippen molar-refractivity contribution in [1.29, 1.82) is 0 Å². The van der Waals surface area contributed by atoms with Crippen LogP contribution in [0.1, 0.15) is 17.3 Å². The van der Waals surface area contributed by atoms with Crippen LogP contribution in [-0.4, -0.2) is 80.8 Å². The lowest BCUT2D eigenvalue weighted by molar-refractivity contribution is -0.141. The normalized spacial score (nSPS) is 16.3. The van der Waals surface area contributed by atoms with Crippen LogP contribution in [0, 0.1) is 0 Å². The van der Waals surface area contributed by atoms with Gasteiger partial charge >= 0.3 is 5.97 Å². The smallest absolute Gasteiger partial charge is 0.302 e. The Hall–Kier alpha value is -2.76. The highest BCUT2D eigenvalue weighted by atomic mass is 35.5. The van der Waals surface area contributed by atoms with Gasteiger partial charge in [-0.1, -0.05) is 23.2 Å². The maximum absolute atomic E-state index is 12.3. The van der Waals surface area contributed by atoms with E-state index in [1.165, 1.54) is 26.1 Å². The Morgan fingerprint density at radius 3 is 2.61 bits per heavy atom. The van der Waals surface area contributed by atoms with Crippen molar-refractivity contribution in [2.45, 2.75) is 19.1 Å². The van der Waals surface area contributed by atoms with Gasteiger partial charge in [0.25, 0.3) is 5.91 Å². The monoisotopic (exact) mass is 542 g/mol. The minimum Gasteiger partial charge on any atom is -0.490 e. The van der Waals surface area contributed by atoms with Crippen LogP contribution in [0.15, 0.2) is 36.4 Å². The molecular weight excluding hydrogens is 515 g/mol. The molecule has 0 aromatic heterocycles. The number of hydrogen-bond donors (Lipinski definition) is 2. The summed E-state index contributed by atoms with van der Waals surface area (Å²) in [6.07, 6.45) is -1.14. The largest absolute Gasteiger partial charge is 0.490 e. The molecule has 0 unspecified atom stereocenters. The fourth-order valence-electron chi connectivity index (χ4n) is 3.31. The third-order valence-corrected chi connectivity index (χ3v) is 5.51. The van der Waals surface area contributed by atoms with Gasteiger partial charge in [0.2, 0.25) is 0 Å². The van der Waals surface area contributed by atoms with Crippen LogP contribution in [0.4, 0.5) is 0 Å². The Labute approximate surface area is 218 Å². The number of ether oxygens (including phenoxy) is 4. The summed E-state index contributed by atoms with van der Waals surface area (Å²) in [5.41, 5.74) is 0.177. The lowest BCUT2D eigenvalue weighted by Gasteiger charge is -2.20. The number of esters is 1. The average Bonchev–Trinajstić information content (AvgIpc) is 3.28. The number of carbonyl (C=O) groups is 2. The molecule has 2 aromatic carbocycles. The molecule has 10 nitrogen and oxygen atoms in total. The second kappa shape index (κ2) is 13.5. The number of rotatable bonds is 12. The number of carbonyl (C=O) groups excluding carboxylic acids is 2. The van der Waals surface area contributed by atoms with Crippen LogP contribution >= 0.6 is 23.2 Å². The molecule has 1 amide bonds. The summed E-state index contributed by atoms with van der Waals surface area (Å²) >= 11 is 12.1. The maximum Gasteiger partial charge on any atom is 0.302 e. The molecule has 3 rings (SSSR count). The van der Waals surface area contributed by atoms with Crippen LogP contribution < -0.4 is 19.5 Å². The van der Waals surface area contributed by atoms with E-state index in [2.05, 4.69) is 5.32 Å². The molecule has 1 aliphatic rings. The highest BCUT2D eigenvalue weighted by Gasteiger charge is 2.27. The molecule has 0 radical (unpaired) electrons. The van der Waals surface area contributed by atoms with E-state index >= 15 is 0 Å². The Bertz CT molecular complexity index is 1040. The second-order valence-electron chi connectivity index (χ2n) is 7.85. The van der Waals surface area contributed by atoms with Crippen molar-refractivity contribution in [3.05, 3.63) is 52.0 Å². The summed E-state index contributed by atoms with van der Waals surface area (Å²) < 4.78 is 22.0. The molecule has 0 bridgehead atoms. The Balaban J connectivity index is 1.54. The van der Waals surface area contributed by atoms with Gasteiger partial charge in [-0.05, 0) is 30.3 Å². The average molecular weight is 543 g/mol. The summed E-state index contributed by atoms with van der Waals surface area (Å²) in [4.78, 5) is 28.8. The Morgan fingerprint density at radius 1 is 1.17 bits per heavy atom. The van der Waals surface area contributed by atoms with Crippen molar-refractivity contribution in [3.8, 4) is 17.2 Å². The molecule has 1 saturated heterocycles. The zero-order valence-electron chi connectivity index (χ0n) is 19.9. The van der Waals surface area contributed by atoms with E-state index in [0.29, 0.717) is 23.9 Å². The fourth-order valence-corrected chi connectivity index (χ4v) is 3.66. The number of aliphatic hydroxyl groups excluding tert-OH is 1. The Morgan fingerprint density at radius 2 is 1.92 bits per heavy atom. The van der Waals surface area contributed by atoms with Gasteiger partial charge in [-0.2, -0.15) is 5.06 Å². The molecule has 0 spiro atoms. The molecule has 1 fully saturated rings. The van der Waals surface area contributed by atoms with Gasteiger partial charge in [-0.25, -0.2) is 0 Å². The highest BCUT2D eigenvalue weighted by Crippen LogP contribution is 2.33. The van der Waals surface area contributed by atoms with E-state index < -0.39 is 18.0 Å². The molecule has 2 N–H and O–H groups in total. The van der Waals surface area contributed by atoms with Gasteiger partial charge < -0.3 is 29.4 Å². The molecule has 1 heterocycles. The number of hydrogen-bond acceptors (Lipinski definition) is 9. The Kier molecular flexibility index (Phi) is 10.4. The summed E-state index contributed by atoms with van der Waals surface area (Å²) in [6, 6.07) is 9.90. The first kappa shape index (κ1) is 27.8. The molecule has 0 aliphatic carbocycles. The lowest BCUT2D eigenvalue weighted by Crippen LogP contribution is -2.35. The number of halogens is 2. The van der Waals surface area contributed by atoms with Gasteiger partial charge in [0, 0.05) is 25.1 Å². The number of hydroxylamine groups is 2. The molecular formula is C24H28Cl2N2O8. The third kappa shape index (κ3) is 8.42. The van der Waals surface area contributed by atoms with E-state index in [4.69, 9.17) is 47.0 Å². The van der Waals surface area contributed by atoms with Gasteiger partial charge in [-0.15, -0.1) is 0 Å². The summed E-state index contributed by atoms with van der Waals surface area (Å²) in [6.45, 7) is 2.22. The molecule has 196 valence electrons. The van der Waals surface area contributed by atoms with E-state index in [9.17, 15) is 14.7 Å². The number of benzene rings is 2. The van der Waals surface area contributed by atoms with E-state index in [1.807, 2.05) is 0 Å². The number of aliphatic hydroxyl groups is 1. The van der Waals surface area contributed by atoms with Crippen LogP contribution in [0.5, 0.6) is 17.2 Å². The number of β-amino-alcohol motifs (C(OH)–C–C–N with tert-alkyl or cyclic N) is 1. The van der Waals surface area contributed by atoms with Gasteiger partial charge in [0.15, 0.2) is 0 Å². The van der Waals surface area contributed by atoms with Crippen molar-refractivity contribution >= 4 is 35.1 Å². The second-order valence-corrected chi connectivity index (χ2v) is 8.69. The van der Waals surface area contributed by atoms with Crippen molar-refractivity contribution in [1.82, 2.24) is 10.4 Å². The third-order valence-electron chi connectivity index (χ3n) is 4.96. The van der Waals surface area contributed by atoms with E-state index in [0.717, 1.165) is 0 Å². The molecule has 2 aromatic rings. The molecule has 1 aliphatic heterocycles. The SMILES string of the molecule is CNC(=O)c1cc(Cl)c(OCCOC(C)=O)cc1OC[C@@H](O)CN1C[C@@H](Oc2ccc(Cl)cc2)CO1. The zero-order chi connectivity index (χ0) is 26.1. The van der Waals surface area contributed by atoms with E-state index in [1.54, 1.807) is 29.3 Å². The predicted octanol–water partition coefficient (Wildman–Crippen LogP) is 2.73. The van der Waals surface area contributed by atoms with Crippen LogP contribution in [0.3, 0.4) is 0 Å². The van der Waals surface area contributed by atoms with Gasteiger partial charge in [0.05, 0.1) is 23.7 Å². The lowest BCUT2D eigenvalue weighted by atomic mass is 10.1. The predicted molar refractivity (Wildman–Crippen MR) is 132 cm³/mol. The fraction of sp³-hybridized carbons (Fsp3) is 0.417. The molecule has 0 saturated carbocycles. The minimum atomic E-state index is -0.930. The molecule has 36 heavy (non-hydrogen) atoms.